The molecule has 0 heterocycles. The summed E-state index contributed by atoms with van der Waals surface area (Å²) in [5.41, 5.74) is 11.5. The number of benzene rings is 18. The van der Waals surface area contributed by atoms with Crippen LogP contribution in [0.5, 0.6) is 0 Å². The van der Waals surface area contributed by atoms with E-state index in [4.69, 9.17) is 11.0 Å². The summed E-state index contributed by atoms with van der Waals surface area (Å²) in [6, 6.07) is 82.0. The molecule has 0 aliphatic carbocycles. The van der Waals surface area contributed by atoms with Crippen LogP contribution in [0.3, 0.4) is 0 Å². The van der Waals surface area contributed by atoms with Gasteiger partial charge in [0, 0.05) is 0 Å². The lowest BCUT2D eigenvalue weighted by Crippen LogP contribution is -1.91. The molecule has 0 saturated carbocycles. The van der Waals surface area contributed by atoms with Crippen molar-refractivity contribution in [1.82, 2.24) is 0 Å². The fourth-order valence-corrected chi connectivity index (χ4v) is 13.4. The van der Waals surface area contributed by atoms with Crippen LogP contribution in [-0.4, -0.2) is 0 Å². The van der Waals surface area contributed by atoms with Gasteiger partial charge in [0.1, 0.15) is 0 Å². The van der Waals surface area contributed by atoms with Crippen molar-refractivity contribution in [3.8, 4) is 89.0 Å². The van der Waals surface area contributed by atoms with Crippen molar-refractivity contribution in [3.63, 3.8) is 0 Å². The SMILES string of the molecule is [2H]c1c([2H])c([2H])c2c(-c3ccc4cc(-c5ccccc5)ccc4c3)c3c([2H])c([2H])c([2H])c([2H])c3c(-c3ccc(-c4ccc5ccccc5c4)cc3)c2c1[2H].[2H]c1c([2H])c([2H])c2c(-c3cccc(-c4cccc5ccccc45)c3)c3c([2H])c([2H])c([2H])c([2H])c3c(-c3ccc(-c4cccc5ccccc45)cc3)c2c1[2H]. The van der Waals surface area contributed by atoms with Crippen molar-refractivity contribution < 1.29 is 21.9 Å². The van der Waals surface area contributed by atoms with E-state index >= 15 is 0 Å². The normalized spacial score (nSPS) is 13.9. The minimum absolute atomic E-state index is 0.196. The molecular formula is C92H60. The van der Waals surface area contributed by atoms with Crippen molar-refractivity contribution in [2.45, 2.75) is 0 Å². The third kappa shape index (κ3) is 9.74. The Balaban J connectivity index is 0.000000158. The van der Waals surface area contributed by atoms with Gasteiger partial charge in [-0.25, -0.2) is 0 Å². The summed E-state index contributed by atoms with van der Waals surface area (Å²) in [6.07, 6.45) is 0. The molecule has 0 amide bonds. The third-order valence-corrected chi connectivity index (χ3v) is 17.8. The molecule has 0 aliphatic heterocycles. The maximum Gasteiger partial charge on any atom is 0.0629 e. The molecule has 18 aromatic rings. The molecule has 92 heavy (non-hydrogen) atoms. The van der Waals surface area contributed by atoms with Crippen molar-refractivity contribution in [1.29, 1.82) is 0 Å². The summed E-state index contributed by atoms with van der Waals surface area (Å²) in [7, 11) is 0. The summed E-state index contributed by atoms with van der Waals surface area (Å²) >= 11 is 0. The van der Waals surface area contributed by atoms with Gasteiger partial charge >= 0.3 is 0 Å². The average Bonchev–Trinajstić information content (AvgIpc) is 0.701. The minimum atomic E-state index is -0.420. The van der Waals surface area contributed by atoms with E-state index < -0.39 is 48.3 Å². The second kappa shape index (κ2) is 23.2. The summed E-state index contributed by atoms with van der Waals surface area (Å²) in [5, 5.41) is 9.94. The van der Waals surface area contributed by atoms with Gasteiger partial charge in [-0.1, -0.05) is 339 Å². The van der Waals surface area contributed by atoms with E-state index in [-0.39, 0.29) is 91.4 Å². The van der Waals surface area contributed by atoms with Crippen LogP contribution in [-0.2, 0) is 0 Å². The molecule has 18 rings (SSSR count). The van der Waals surface area contributed by atoms with Gasteiger partial charge in [0.15, 0.2) is 0 Å². The maximum atomic E-state index is 9.34. The van der Waals surface area contributed by atoms with Crippen LogP contribution < -0.4 is 0 Å². The molecule has 0 saturated heterocycles. The van der Waals surface area contributed by atoms with Crippen molar-refractivity contribution in [2.75, 3.05) is 0 Å². The maximum absolute atomic E-state index is 9.34. The van der Waals surface area contributed by atoms with Crippen LogP contribution in [0.4, 0.5) is 0 Å². The van der Waals surface area contributed by atoms with Crippen LogP contribution in [0.2, 0.25) is 0 Å². The Morgan fingerprint density at radius 2 is 0.435 bits per heavy atom. The molecule has 0 aliphatic rings. The molecule has 0 spiro atoms. The molecule has 0 radical (unpaired) electrons. The molecule has 0 heteroatoms. The van der Waals surface area contributed by atoms with Gasteiger partial charge in [0.25, 0.3) is 0 Å². The largest absolute Gasteiger partial charge is 0.0629 e. The molecule has 428 valence electrons. The van der Waals surface area contributed by atoms with Gasteiger partial charge in [-0.15, -0.1) is 0 Å². The van der Waals surface area contributed by atoms with Crippen molar-refractivity contribution in [2.24, 2.45) is 0 Å². The van der Waals surface area contributed by atoms with E-state index in [2.05, 4.69) is 66.7 Å². The predicted molar refractivity (Wildman–Crippen MR) is 396 cm³/mol. The zero-order valence-electron chi connectivity index (χ0n) is 65.4. The lowest BCUT2D eigenvalue weighted by molar-refractivity contribution is 1.62. The lowest BCUT2D eigenvalue weighted by atomic mass is 9.85. The average molecular weight is 1180 g/mol. The summed E-state index contributed by atoms with van der Waals surface area (Å²) in [5.74, 6) is 0. The quantitative estimate of drug-likeness (QED) is 0.133. The Labute approximate surface area is 558 Å². The summed E-state index contributed by atoms with van der Waals surface area (Å²) in [6.45, 7) is 0. The van der Waals surface area contributed by atoms with E-state index in [1.54, 1.807) is 0 Å². The van der Waals surface area contributed by atoms with Gasteiger partial charge in [-0.2, -0.15) is 0 Å². The van der Waals surface area contributed by atoms with Crippen LogP contribution in [0, 0.1) is 0 Å². The molecule has 0 bridgehead atoms. The fourth-order valence-electron chi connectivity index (χ4n) is 13.4. The molecule has 0 unspecified atom stereocenters. The Hall–Kier alpha value is -12.0. The first-order chi connectivity index (χ1) is 52.3. The Kier molecular flexibility index (Phi) is 10.0. The first-order valence-corrected chi connectivity index (χ1v) is 30.6. The van der Waals surface area contributed by atoms with E-state index in [9.17, 15) is 11.0 Å². The number of hydrogen-bond donors (Lipinski definition) is 0. The topological polar surface area (TPSA) is 0 Å². The van der Waals surface area contributed by atoms with Gasteiger partial charge in [-0.05, 0) is 199 Å². The van der Waals surface area contributed by atoms with Crippen molar-refractivity contribution in [3.05, 3.63) is 364 Å². The zero-order chi connectivity index (χ0) is 74.8. The first kappa shape index (κ1) is 39.8. The molecule has 0 N–H and O–H groups in total. The molecular weight excluding hydrogens is 1110 g/mol. The highest BCUT2D eigenvalue weighted by Gasteiger charge is 2.20. The monoisotopic (exact) mass is 1180 g/mol. The van der Waals surface area contributed by atoms with E-state index in [1.807, 2.05) is 200 Å². The van der Waals surface area contributed by atoms with E-state index in [0.717, 1.165) is 87.6 Å². The van der Waals surface area contributed by atoms with Crippen LogP contribution in [0.1, 0.15) is 21.9 Å². The van der Waals surface area contributed by atoms with Gasteiger partial charge in [-0.3, -0.25) is 0 Å². The zero-order valence-corrected chi connectivity index (χ0v) is 49.4. The standard InChI is InChI=1S/2C46H30/c1-3-18-37-31(12-1)14-10-24-39(37)33-26-28-34(29-27-33)45-41-20-5-7-22-43(41)46(44-23-8-6-21-42(44)45)36-17-9-16-35(30-36)40-25-11-15-32-13-2-4-19-38(32)40;1-2-10-31(11-3-1)36-24-25-39-30-40(27-26-38(39)29-36)46-43-16-8-6-14-41(43)45(42-15-7-9-17-44(42)46)34-21-18-33(19-22-34)37-23-20-32-12-4-5-13-35(32)28-37/h2*1-30H/i5D,6D,7D,8D,20D,21D,22D,23D;6D,7D,8D,9D,14D,15D,16D,17D. The highest BCUT2D eigenvalue weighted by Crippen LogP contribution is 2.47. The second-order valence-electron chi connectivity index (χ2n) is 23.0. The van der Waals surface area contributed by atoms with Crippen LogP contribution in [0.25, 0.3) is 175 Å². The smallest absolute Gasteiger partial charge is 0.0622 e. The highest BCUT2D eigenvalue weighted by molar-refractivity contribution is 6.23. The molecule has 0 fully saturated rings. The van der Waals surface area contributed by atoms with E-state index in [1.165, 1.54) is 0 Å². The molecule has 0 atom stereocenters. The Morgan fingerprint density at radius 3 is 0.924 bits per heavy atom. The molecule has 18 aromatic carbocycles. The van der Waals surface area contributed by atoms with Crippen molar-refractivity contribution >= 4 is 86.2 Å². The summed E-state index contributed by atoms with van der Waals surface area (Å²) in [4.78, 5) is 0. The van der Waals surface area contributed by atoms with Gasteiger partial charge in [0.05, 0.1) is 21.9 Å². The Morgan fingerprint density at radius 1 is 0.152 bits per heavy atom. The summed E-state index contributed by atoms with van der Waals surface area (Å²) < 4.78 is 145. The predicted octanol–water partition coefficient (Wildman–Crippen LogP) is 25.9. The third-order valence-electron chi connectivity index (χ3n) is 17.8. The van der Waals surface area contributed by atoms with Crippen LogP contribution >= 0.6 is 0 Å². The van der Waals surface area contributed by atoms with Gasteiger partial charge in [0.2, 0.25) is 0 Å². The van der Waals surface area contributed by atoms with Gasteiger partial charge < -0.3 is 0 Å². The van der Waals surface area contributed by atoms with E-state index in [0.29, 0.717) is 44.5 Å². The number of hydrogen-bond acceptors (Lipinski definition) is 0. The minimum Gasteiger partial charge on any atom is -0.0622 e. The number of rotatable bonds is 8. The second-order valence-corrected chi connectivity index (χ2v) is 23.0. The molecule has 0 nitrogen and oxygen atoms in total. The number of fused-ring (bicyclic) bond motifs is 8. The fraction of sp³-hybridized carbons (Fsp3) is 0. The highest BCUT2D eigenvalue weighted by atomic mass is 14.2. The first-order valence-electron chi connectivity index (χ1n) is 38.6. The Bertz CT molecular complexity index is 6680. The van der Waals surface area contributed by atoms with Crippen LogP contribution in [0.15, 0.2) is 364 Å². The molecule has 0 aromatic heterocycles. The lowest BCUT2D eigenvalue weighted by Gasteiger charge is -2.18.